The fourth-order valence-electron chi connectivity index (χ4n) is 2.28. The zero-order valence-electron chi connectivity index (χ0n) is 10.0. The molecule has 1 N–H and O–H groups in total. The Labute approximate surface area is 106 Å². The SMILES string of the molecule is CC1(NCc2csc3ccccc23)CCOC1. The Morgan fingerprint density at radius 3 is 3.12 bits per heavy atom. The van der Waals surface area contributed by atoms with Crippen LogP contribution >= 0.6 is 11.3 Å². The second kappa shape index (κ2) is 4.41. The van der Waals surface area contributed by atoms with Crippen LogP contribution in [0.5, 0.6) is 0 Å². The first-order chi connectivity index (χ1) is 8.27. The van der Waals surface area contributed by atoms with Gasteiger partial charge in [-0.05, 0) is 35.7 Å². The Bertz CT molecular complexity index is 514. The highest BCUT2D eigenvalue weighted by atomic mass is 32.1. The van der Waals surface area contributed by atoms with E-state index in [-0.39, 0.29) is 5.54 Å². The standard InChI is InChI=1S/C14H17NOS/c1-14(6-7-16-10-14)15-8-11-9-17-13-5-3-2-4-12(11)13/h2-5,9,15H,6-8,10H2,1H3. The molecule has 17 heavy (non-hydrogen) atoms. The predicted octanol–water partition coefficient (Wildman–Crippen LogP) is 3.17. The maximum atomic E-state index is 5.46. The van der Waals surface area contributed by atoms with E-state index in [1.165, 1.54) is 15.6 Å². The third-order valence-electron chi connectivity index (χ3n) is 3.49. The lowest BCUT2D eigenvalue weighted by Crippen LogP contribution is -2.42. The zero-order valence-corrected chi connectivity index (χ0v) is 10.8. The maximum absolute atomic E-state index is 5.46. The number of hydrogen-bond donors (Lipinski definition) is 1. The molecule has 1 fully saturated rings. The molecular weight excluding hydrogens is 230 g/mol. The smallest absolute Gasteiger partial charge is 0.0646 e. The zero-order chi connectivity index (χ0) is 11.7. The lowest BCUT2D eigenvalue weighted by Gasteiger charge is -2.23. The van der Waals surface area contributed by atoms with Crippen LogP contribution in [0, 0.1) is 0 Å². The predicted molar refractivity (Wildman–Crippen MR) is 72.5 cm³/mol. The van der Waals surface area contributed by atoms with Crippen LogP contribution in [0.3, 0.4) is 0 Å². The third-order valence-corrected chi connectivity index (χ3v) is 4.50. The molecule has 2 aromatic rings. The van der Waals surface area contributed by atoms with E-state index in [2.05, 4.69) is 41.9 Å². The quantitative estimate of drug-likeness (QED) is 0.899. The number of fused-ring (bicyclic) bond motifs is 1. The van der Waals surface area contributed by atoms with E-state index in [1.807, 2.05) is 11.3 Å². The molecule has 1 aliphatic heterocycles. The first kappa shape index (κ1) is 11.2. The number of ether oxygens (including phenoxy) is 1. The molecule has 0 spiro atoms. The van der Waals surface area contributed by atoms with Crippen LogP contribution in [0.4, 0.5) is 0 Å². The highest BCUT2D eigenvalue weighted by Gasteiger charge is 2.28. The second-order valence-corrected chi connectivity index (χ2v) is 5.89. The van der Waals surface area contributed by atoms with Crippen LogP contribution in [-0.2, 0) is 11.3 Å². The number of benzene rings is 1. The van der Waals surface area contributed by atoms with Gasteiger partial charge < -0.3 is 10.1 Å². The van der Waals surface area contributed by atoms with Gasteiger partial charge in [-0.15, -0.1) is 11.3 Å². The lowest BCUT2D eigenvalue weighted by molar-refractivity contribution is 0.171. The van der Waals surface area contributed by atoms with Crippen molar-refractivity contribution in [2.45, 2.75) is 25.4 Å². The average Bonchev–Trinajstić information content (AvgIpc) is 2.94. The molecule has 0 bridgehead atoms. The van der Waals surface area contributed by atoms with Crippen LogP contribution in [0.1, 0.15) is 18.9 Å². The molecule has 0 amide bonds. The van der Waals surface area contributed by atoms with Gasteiger partial charge in [-0.3, -0.25) is 0 Å². The first-order valence-electron chi connectivity index (χ1n) is 6.05. The Hall–Kier alpha value is -0.900. The largest absolute Gasteiger partial charge is 0.379 e. The van der Waals surface area contributed by atoms with Crippen molar-refractivity contribution in [1.29, 1.82) is 0 Å². The summed E-state index contributed by atoms with van der Waals surface area (Å²) in [7, 11) is 0. The van der Waals surface area contributed by atoms with Gasteiger partial charge in [0, 0.05) is 23.4 Å². The Balaban J connectivity index is 1.76. The molecule has 2 heterocycles. The summed E-state index contributed by atoms with van der Waals surface area (Å²) in [6.45, 7) is 4.89. The Morgan fingerprint density at radius 2 is 2.29 bits per heavy atom. The fourth-order valence-corrected chi connectivity index (χ4v) is 3.25. The molecule has 1 aromatic heterocycles. The van der Waals surface area contributed by atoms with Crippen molar-refractivity contribution in [2.24, 2.45) is 0 Å². The van der Waals surface area contributed by atoms with Crippen LogP contribution in [0.15, 0.2) is 29.6 Å². The van der Waals surface area contributed by atoms with Crippen molar-refractivity contribution in [1.82, 2.24) is 5.32 Å². The Kier molecular flexibility index (Phi) is 2.90. The van der Waals surface area contributed by atoms with Crippen LogP contribution in [0.25, 0.3) is 10.1 Å². The van der Waals surface area contributed by atoms with Gasteiger partial charge >= 0.3 is 0 Å². The highest BCUT2D eigenvalue weighted by molar-refractivity contribution is 7.17. The van der Waals surface area contributed by atoms with E-state index in [0.717, 1.165) is 26.2 Å². The van der Waals surface area contributed by atoms with Gasteiger partial charge in [-0.25, -0.2) is 0 Å². The third kappa shape index (κ3) is 2.23. The molecule has 1 aliphatic rings. The molecular formula is C14H17NOS. The van der Waals surface area contributed by atoms with E-state index in [0.29, 0.717) is 0 Å². The van der Waals surface area contributed by atoms with Crippen molar-refractivity contribution in [3.63, 3.8) is 0 Å². The maximum Gasteiger partial charge on any atom is 0.0646 e. The second-order valence-electron chi connectivity index (χ2n) is 4.97. The molecule has 1 atom stereocenters. The van der Waals surface area contributed by atoms with Crippen LogP contribution < -0.4 is 5.32 Å². The lowest BCUT2D eigenvalue weighted by atomic mass is 10.0. The molecule has 0 saturated carbocycles. The van der Waals surface area contributed by atoms with Crippen molar-refractivity contribution in [2.75, 3.05) is 13.2 Å². The van der Waals surface area contributed by atoms with E-state index in [4.69, 9.17) is 4.74 Å². The van der Waals surface area contributed by atoms with Gasteiger partial charge in [0.15, 0.2) is 0 Å². The van der Waals surface area contributed by atoms with Crippen molar-refractivity contribution < 1.29 is 4.74 Å². The van der Waals surface area contributed by atoms with E-state index < -0.39 is 0 Å². The summed E-state index contributed by atoms with van der Waals surface area (Å²) in [5.41, 5.74) is 1.56. The molecule has 3 rings (SSSR count). The van der Waals surface area contributed by atoms with Gasteiger partial charge in [0.05, 0.1) is 6.61 Å². The normalized spacial score (nSPS) is 24.5. The van der Waals surface area contributed by atoms with Crippen molar-refractivity contribution in [3.05, 3.63) is 35.2 Å². The van der Waals surface area contributed by atoms with Gasteiger partial charge in [0.25, 0.3) is 0 Å². The summed E-state index contributed by atoms with van der Waals surface area (Å²) in [5, 5.41) is 7.28. The van der Waals surface area contributed by atoms with Crippen LogP contribution in [-0.4, -0.2) is 18.8 Å². The molecule has 1 unspecified atom stereocenters. The van der Waals surface area contributed by atoms with Gasteiger partial charge in [-0.1, -0.05) is 18.2 Å². The first-order valence-corrected chi connectivity index (χ1v) is 6.93. The minimum absolute atomic E-state index is 0.156. The summed E-state index contributed by atoms with van der Waals surface area (Å²) in [6.07, 6.45) is 1.11. The monoisotopic (exact) mass is 247 g/mol. The summed E-state index contributed by atoms with van der Waals surface area (Å²) < 4.78 is 6.83. The molecule has 1 saturated heterocycles. The topological polar surface area (TPSA) is 21.3 Å². The molecule has 2 nitrogen and oxygen atoms in total. The summed E-state index contributed by atoms with van der Waals surface area (Å²) in [5.74, 6) is 0. The molecule has 0 aliphatic carbocycles. The van der Waals surface area contributed by atoms with E-state index in [1.54, 1.807) is 0 Å². The van der Waals surface area contributed by atoms with E-state index in [9.17, 15) is 0 Å². The number of nitrogens with one attached hydrogen (secondary N) is 1. The number of rotatable bonds is 3. The summed E-state index contributed by atoms with van der Waals surface area (Å²) in [6, 6.07) is 8.60. The molecule has 90 valence electrons. The number of thiophene rings is 1. The minimum atomic E-state index is 0.156. The minimum Gasteiger partial charge on any atom is -0.379 e. The number of hydrogen-bond acceptors (Lipinski definition) is 3. The van der Waals surface area contributed by atoms with Gasteiger partial charge in [0.1, 0.15) is 0 Å². The van der Waals surface area contributed by atoms with Crippen LogP contribution in [0.2, 0.25) is 0 Å². The molecule has 3 heteroatoms. The fraction of sp³-hybridized carbons (Fsp3) is 0.429. The van der Waals surface area contributed by atoms with Crippen molar-refractivity contribution in [3.8, 4) is 0 Å². The van der Waals surface area contributed by atoms with Crippen molar-refractivity contribution >= 4 is 21.4 Å². The highest BCUT2D eigenvalue weighted by Crippen LogP contribution is 2.26. The molecule has 0 radical (unpaired) electrons. The average molecular weight is 247 g/mol. The summed E-state index contributed by atoms with van der Waals surface area (Å²) in [4.78, 5) is 0. The van der Waals surface area contributed by atoms with Gasteiger partial charge in [-0.2, -0.15) is 0 Å². The summed E-state index contributed by atoms with van der Waals surface area (Å²) >= 11 is 1.82. The van der Waals surface area contributed by atoms with E-state index >= 15 is 0 Å². The molecule has 1 aromatic carbocycles. The van der Waals surface area contributed by atoms with Gasteiger partial charge in [0.2, 0.25) is 0 Å². The Morgan fingerprint density at radius 1 is 1.41 bits per heavy atom.